The van der Waals surface area contributed by atoms with Gasteiger partial charge in [0.25, 0.3) is 10.1 Å². The van der Waals surface area contributed by atoms with Gasteiger partial charge in [0.1, 0.15) is 28.3 Å². The number of nitrogen functional groups attached to an aromatic ring is 2. The van der Waals surface area contributed by atoms with Crippen molar-refractivity contribution >= 4 is 73.4 Å². The Morgan fingerprint density at radius 1 is 0.617 bits per heavy atom. The van der Waals surface area contributed by atoms with E-state index in [1.807, 2.05) is 135 Å². The average molecular weight is 1150 g/mol. The molecule has 1 amide bonds. The minimum absolute atomic E-state index is 0.194. The number of carbonyl (C=O) groups excluding carboxylic acids is 1. The van der Waals surface area contributed by atoms with Crippen molar-refractivity contribution in [1.82, 2.24) is 44.4 Å². The Hall–Kier alpha value is -8.26. The molecule has 0 spiro atoms. The Bertz CT molecular complexity index is 3920. The summed E-state index contributed by atoms with van der Waals surface area (Å²) >= 11 is 9.53. The molecule has 0 bridgehead atoms. The smallest absolute Gasteiger partial charge is 0.408 e. The zero-order valence-electron chi connectivity index (χ0n) is 45.2. The van der Waals surface area contributed by atoms with E-state index in [1.54, 1.807) is 12.4 Å². The first-order chi connectivity index (χ1) is 38.8. The third kappa shape index (κ3) is 13.3. The number of ether oxygens (including phenoxy) is 1. The molecule has 4 aromatic carbocycles. The number of amides is 1. The predicted octanol–water partition coefficient (Wildman–Crippen LogP) is 12.6. The largest absolute Gasteiger partial charge is 0.444 e. The summed E-state index contributed by atoms with van der Waals surface area (Å²) in [4.78, 5) is 41.1. The number of alkyl carbamates (subject to hydrolysis) is 1. The number of benzene rings is 4. The van der Waals surface area contributed by atoms with Crippen LogP contribution >= 0.6 is 23.2 Å². The number of aromatic nitrogens is 8. The molecule has 6 heterocycles. The highest BCUT2D eigenvalue weighted by Gasteiger charge is 2.41. The number of fused-ring (bicyclic) bond motifs is 2. The SMILES string of the molecule is CC(C)(C)OC(=O)NC1(c2ccc(-n3c(-c4cccnc4N)nc4ccc(-c5ccccc5)nc43)cc2)CCC1.CS(=O)(=O)O.ClCCl.Nc1ncccc1-c1nc2ccc(-c3ccccc3)nc2n1-c1ccc(C2(N)CCC2)cc1. The van der Waals surface area contributed by atoms with Crippen LogP contribution < -0.4 is 22.5 Å². The summed E-state index contributed by atoms with van der Waals surface area (Å²) in [5.41, 5.74) is 30.3. The van der Waals surface area contributed by atoms with Crippen molar-refractivity contribution in [2.75, 3.05) is 23.1 Å². The lowest BCUT2D eigenvalue weighted by Crippen LogP contribution is -2.52. The number of anilines is 2. The third-order valence-corrected chi connectivity index (χ3v) is 13.9. The molecule has 416 valence electrons. The fourth-order valence-electron chi connectivity index (χ4n) is 9.75. The number of carbonyl (C=O) groups is 1. The molecule has 81 heavy (non-hydrogen) atoms. The first-order valence-electron chi connectivity index (χ1n) is 26.1. The number of hydrogen-bond donors (Lipinski definition) is 5. The van der Waals surface area contributed by atoms with E-state index in [-0.39, 0.29) is 10.9 Å². The molecule has 10 aromatic rings. The topological polar surface area (TPSA) is 258 Å². The van der Waals surface area contributed by atoms with E-state index >= 15 is 0 Å². The number of rotatable bonds is 9. The molecule has 12 rings (SSSR count). The van der Waals surface area contributed by atoms with E-state index in [0.29, 0.717) is 29.5 Å². The highest BCUT2D eigenvalue weighted by atomic mass is 35.5. The van der Waals surface area contributed by atoms with E-state index in [4.69, 9.17) is 69.6 Å². The maximum atomic E-state index is 12.7. The summed E-state index contributed by atoms with van der Waals surface area (Å²) in [5, 5.41) is 3.33. The molecule has 2 aliphatic carbocycles. The van der Waals surface area contributed by atoms with E-state index in [1.165, 1.54) is 12.0 Å². The number of hydrogen-bond acceptors (Lipinski definition) is 13. The van der Waals surface area contributed by atoms with Gasteiger partial charge in [0, 0.05) is 40.4 Å². The van der Waals surface area contributed by atoms with Crippen molar-refractivity contribution in [3.05, 3.63) is 181 Å². The van der Waals surface area contributed by atoms with Crippen molar-refractivity contribution in [1.29, 1.82) is 0 Å². The van der Waals surface area contributed by atoms with Crippen molar-refractivity contribution in [2.24, 2.45) is 5.73 Å². The molecule has 0 radical (unpaired) electrons. The predicted molar refractivity (Wildman–Crippen MR) is 323 cm³/mol. The summed E-state index contributed by atoms with van der Waals surface area (Å²) in [6.45, 7) is 5.61. The second-order valence-corrected chi connectivity index (χ2v) is 23.0. The van der Waals surface area contributed by atoms with Gasteiger partial charge in [-0.3, -0.25) is 13.7 Å². The van der Waals surface area contributed by atoms with Gasteiger partial charge in [0.2, 0.25) is 0 Å². The zero-order valence-corrected chi connectivity index (χ0v) is 47.5. The van der Waals surface area contributed by atoms with Crippen LogP contribution in [0.5, 0.6) is 0 Å². The normalized spacial score (nSPS) is 14.1. The maximum absolute atomic E-state index is 12.7. The van der Waals surface area contributed by atoms with Gasteiger partial charge in [-0.25, -0.2) is 34.7 Å². The molecule has 2 saturated carbocycles. The third-order valence-electron chi connectivity index (χ3n) is 13.9. The van der Waals surface area contributed by atoms with Crippen LogP contribution in [0.3, 0.4) is 0 Å². The molecular weight excluding hydrogens is 1080 g/mol. The summed E-state index contributed by atoms with van der Waals surface area (Å²) in [5.74, 6) is 2.21. The van der Waals surface area contributed by atoms with E-state index in [9.17, 15) is 13.2 Å². The van der Waals surface area contributed by atoms with Gasteiger partial charge < -0.3 is 27.3 Å². The lowest BCUT2D eigenvalue weighted by Gasteiger charge is -2.43. The van der Waals surface area contributed by atoms with Crippen LogP contribution in [0, 0.1) is 0 Å². The van der Waals surface area contributed by atoms with Gasteiger partial charge in [-0.2, -0.15) is 8.42 Å². The molecule has 2 aliphatic rings. The van der Waals surface area contributed by atoms with Crippen LogP contribution in [0.4, 0.5) is 16.4 Å². The van der Waals surface area contributed by atoms with Gasteiger partial charge in [-0.15, -0.1) is 23.2 Å². The van der Waals surface area contributed by atoms with Crippen molar-refractivity contribution in [3.8, 4) is 56.7 Å². The summed E-state index contributed by atoms with van der Waals surface area (Å²) < 4.78 is 35.5. The van der Waals surface area contributed by atoms with Crippen LogP contribution in [0.2, 0.25) is 0 Å². The van der Waals surface area contributed by atoms with Gasteiger partial charge in [-0.05, 0) is 143 Å². The molecule has 6 aromatic heterocycles. The number of imidazole rings is 2. The standard InChI is InChI=1S/C32H32N6O2.C27H24N6.CH2Cl2.CH4O3S/c1-31(2,3)40-30(39)37-32(18-8-19-32)22-12-14-23(15-13-22)38-28(24-11-7-20-34-27(24)33)36-26-17-16-25(35-29(26)38)21-9-5-4-6-10-21;28-24-21(8-4-17-30-24)25-32-23-14-13-22(18-6-2-1-3-7-18)31-26(23)33(25)20-11-9-19(10-12-20)27(29)15-5-16-27;2-1-3;1-5(2,3)4/h4-7,9-17,20H,8,18-19H2,1-3H3,(H2,33,34)(H,37,39);1-4,6-14,17H,5,15-16,29H2,(H2,28,30);1H2;1H3,(H,2,3,4). The molecule has 17 nitrogen and oxygen atoms in total. The molecule has 0 saturated heterocycles. The van der Waals surface area contributed by atoms with Crippen molar-refractivity contribution < 1.29 is 22.5 Å². The van der Waals surface area contributed by atoms with E-state index in [0.717, 1.165) is 105 Å². The molecular formula is C61H62Cl2N12O5S. The molecule has 2 fully saturated rings. The lowest BCUT2D eigenvalue weighted by molar-refractivity contribution is 0.0377. The number of halogens is 2. The maximum Gasteiger partial charge on any atom is 0.408 e. The number of alkyl halides is 2. The fourth-order valence-corrected chi connectivity index (χ4v) is 9.75. The zero-order chi connectivity index (χ0) is 57.5. The van der Waals surface area contributed by atoms with Crippen molar-refractivity contribution in [2.45, 2.75) is 76.0 Å². The first-order valence-corrected chi connectivity index (χ1v) is 29.1. The molecule has 0 atom stereocenters. The van der Waals surface area contributed by atoms with Crippen molar-refractivity contribution in [3.63, 3.8) is 0 Å². The van der Waals surface area contributed by atoms with Crippen LogP contribution in [0.15, 0.2) is 170 Å². The number of nitrogens with two attached hydrogens (primary N) is 3. The second kappa shape index (κ2) is 24.2. The van der Waals surface area contributed by atoms with Crippen LogP contribution in [-0.2, 0) is 25.9 Å². The minimum atomic E-state index is -3.67. The quantitative estimate of drug-likeness (QED) is 0.0665. The Kier molecular flexibility index (Phi) is 17.2. The lowest BCUT2D eigenvalue weighted by atomic mass is 9.72. The first kappa shape index (κ1) is 57.4. The Morgan fingerprint density at radius 3 is 1.38 bits per heavy atom. The van der Waals surface area contributed by atoms with Gasteiger partial charge in [-0.1, -0.05) is 84.9 Å². The number of nitrogens with one attached hydrogen (secondary N) is 1. The van der Waals surface area contributed by atoms with E-state index < -0.39 is 27.4 Å². The second-order valence-electron chi connectivity index (χ2n) is 20.7. The molecule has 20 heteroatoms. The minimum Gasteiger partial charge on any atom is -0.444 e. The molecule has 0 aliphatic heterocycles. The Labute approximate surface area is 480 Å². The van der Waals surface area contributed by atoms with Gasteiger partial charge in [0.15, 0.2) is 22.9 Å². The van der Waals surface area contributed by atoms with E-state index in [2.05, 4.69) is 68.4 Å². The molecule has 8 N–H and O–H groups in total. The Balaban J connectivity index is 0.000000175. The van der Waals surface area contributed by atoms with Crippen LogP contribution in [0.25, 0.3) is 79.0 Å². The Morgan fingerprint density at radius 2 is 1.02 bits per heavy atom. The highest BCUT2D eigenvalue weighted by molar-refractivity contribution is 7.85. The highest BCUT2D eigenvalue weighted by Crippen LogP contribution is 2.43. The fraction of sp³-hybridized carbons (Fsp3) is 0.230. The summed E-state index contributed by atoms with van der Waals surface area (Å²) in [6.07, 6.45) is 9.67. The average Bonchev–Trinajstić information content (AvgIpc) is 3.74. The van der Waals surface area contributed by atoms with Gasteiger partial charge in [0.05, 0.1) is 39.6 Å². The van der Waals surface area contributed by atoms with Crippen LogP contribution in [0.1, 0.15) is 70.4 Å². The van der Waals surface area contributed by atoms with Crippen LogP contribution in [-0.4, -0.2) is 75.3 Å². The summed E-state index contributed by atoms with van der Waals surface area (Å²) in [7, 11) is -3.67. The monoisotopic (exact) mass is 1140 g/mol. The molecule has 0 unspecified atom stereocenters. The van der Waals surface area contributed by atoms with Gasteiger partial charge >= 0.3 is 6.09 Å². The number of pyridine rings is 4. The summed E-state index contributed by atoms with van der Waals surface area (Å²) in [6, 6.07) is 52.4. The number of nitrogens with zero attached hydrogens (tertiary/aromatic N) is 8.